The largest absolute Gasteiger partial charge is 0.472 e. The van der Waals surface area contributed by atoms with Crippen molar-refractivity contribution in [2.45, 2.75) is 347 Å². The molecule has 0 aliphatic heterocycles. The van der Waals surface area contributed by atoms with Crippen molar-refractivity contribution in [2.75, 3.05) is 40.9 Å². The molecule has 0 heterocycles. The lowest BCUT2D eigenvalue weighted by Gasteiger charge is -2.25. The number of hydrogen-bond donors (Lipinski definition) is 3. The maximum Gasteiger partial charge on any atom is 0.472 e. The van der Waals surface area contributed by atoms with Crippen LogP contribution in [-0.2, 0) is 18.4 Å². The van der Waals surface area contributed by atoms with Crippen LogP contribution in [0.5, 0.6) is 0 Å². The first-order chi connectivity index (χ1) is 38.0. The quantitative estimate of drug-likeness (QED) is 0.0243. The molecule has 0 aromatic carbocycles. The Morgan fingerprint density at radius 3 is 1.10 bits per heavy atom. The Morgan fingerprint density at radius 1 is 0.436 bits per heavy atom. The molecule has 78 heavy (non-hydrogen) atoms. The average Bonchev–Trinajstić information content (AvgIpc) is 3.41. The fourth-order valence-corrected chi connectivity index (χ4v) is 10.9. The summed E-state index contributed by atoms with van der Waals surface area (Å²) in [4.78, 5) is 23.3. The number of nitrogens with zero attached hydrogens (tertiary/aromatic N) is 1. The van der Waals surface area contributed by atoms with Gasteiger partial charge in [-0.05, 0) is 64.2 Å². The topological polar surface area (TPSA) is 105 Å². The number of aliphatic hydroxyl groups excluding tert-OH is 1. The van der Waals surface area contributed by atoms with E-state index in [1.54, 1.807) is 6.08 Å². The van der Waals surface area contributed by atoms with Crippen molar-refractivity contribution in [3.05, 3.63) is 48.6 Å². The van der Waals surface area contributed by atoms with Crippen molar-refractivity contribution in [1.82, 2.24) is 5.32 Å². The van der Waals surface area contributed by atoms with Crippen LogP contribution in [0.4, 0.5) is 0 Å². The SMILES string of the molecule is CCCCCCCCCCCCC/C=C/CC/C=C/C(O)C(COP(=O)(O)OCC[N+](C)(C)C)NC(=O)CCCCCCCCCCCCCCCCCCC/C=C\C/C=C\CCCCCCCCCCCCCCCCC. The number of nitrogens with one attached hydrogen (secondary N) is 1. The Hall–Kier alpha value is -1.54. The third-order valence-electron chi connectivity index (χ3n) is 15.5. The summed E-state index contributed by atoms with van der Waals surface area (Å²) in [5, 5.41) is 13.9. The number of aliphatic hydroxyl groups is 1. The number of hydrogen-bond acceptors (Lipinski definition) is 5. The molecule has 0 radical (unpaired) electrons. The van der Waals surface area contributed by atoms with Gasteiger partial charge in [0.15, 0.2) is 0 Å². The van der Waals surface area contributed by atoms with Gasteiger partial charge in [0, 0.05) is 6.42 Å². The smallest absolute Gasteiger partial charge is 0.387 e. The maximum absolute atomic E-state index is 13.0. The summed E-state index contributed by atoms with van der Waals surface area (Å²) >= 11 is 0. The Kier molecular flexibility index (Phi) is 58.9. The van der Waals surface area contributed by atoms with E-state index in [4.69, 9.17) is 9.05 Å². The average molecular weight is 1120 g/mol. The summed E-state index contributed by atoms with van der Waals surface area (Å²) < 4.78 is 23.7. The fraction of sp³-hybridized carbons (Fsp3) is 0.870. The Bertz CT molecular complexity index is 1410. The number of unbranched alkanes of at least 4 members (excludes halogenated alkanes) is 44. The van der Waals surface area contributed by atoms with Crippen LogP contribution in [0, 0.1) is 0 Å². The van der Waals surface area contributed by atoms with Gasteiger partial charge in [0.25, 0.3) is 0 Å². The highest BCUT2D eigenvalue weighted by Crippen LogP contribution is 2.43. The molecular weight excluding hydrogens is 984 g/mol. The van der Waals surface area contributed by atoms with Gasteiger partial charge < -0.3 is 19.8 Å². The number of amides is 1. The molecular formula is C69H134N2O6P+. The van der Waals surface area contributed by atoms with Crippen LogP contribution in [0.15, 0.2) is 48.6 Å². The molecule has 0 saturated heterocycles. The molecule has 9 heteroatoms. The van der Waals surface area contributed by atoms with Crippen LogP contribution < -0.4 is 5.32 Å². The second-order valence-corrected chi connectivity index (χ2v) is 26.0. The van der Waals surface area contributed by atoms with E-state index in [-0.39, 0.29) is 19.1 Å². The molecule has 0 aliphatic carbocycles. The molecule has 0 bridgehead atoms. The van der Waals surface area contributed by atoms with Crippen LogP contribution in [0.3, 0.4) is 0 Å². The number of likely N-dealkylation sites (N-methyl/N-ethyl adjacent to an activating group) is 1. The highest BCUT2D eigenvalue weighted by molar-refractivity contribution is 7.47. The van der Waals surface area contributed by atoms with Gasteiger partial charge in [-0.1, -0.05) is 313 Å². The van der Waals surface area contributed by atoms with Crippen LogP contribution in [-0.4, -0.2) is 73.4 Å². The van der Waals surface area contributed by atoms with Crippen molar-refractivity contribution in [3.8, 4) is 0 Å². The summed E-state index contributed by atoms with van der Waals surface area (Å²) in [6.45, 7) is 4.83. The van der Waals surface area contributed by atoms with Crippen molar-refractivity contribution in [1.29, 1.82) is 0 Å². The molecule has 0 rings (SSSR count). The van der Waals surface area contributed by atoms with Crippen LogP contribution in [0.1, 0.15) is 335 Å². The first-order valence-corrected chi connectivity index (χ1v) is 35.5. The number of phosphoric ester groups is 1. The zero-order valence-electron chi connectivity index (χ0n) is 52.7. The van der Waals surface area contributed by atoms with Gasteiger partial charge in [-0.2, -0.15) is 0 Å². The van der Waals surface area contributed by atoms with Crippen molar-refractivity contribution in [3.63, 3.8) is 0 Å². The zero-order valence-corrected chi connectivity index (χ0v) is 53.6. The van der Waals surface area contributed by atoms with E-state index in [1.165, 1.54) is 270 Å². The van der Waals surface area contributed by atoms with Gasteiger partial charge >= 0.3 is 7.82 Å². The number of carbonyl (C=O) groups excluding carboxylic acids is 1. The van der Waals surface area contributed by atoms with Crippen LogP contribution >= 0.6 is 7.82 Å². The predicted octanol–water partition coefficient (Wildman–Crippen LogP) is 21.4. The Labute approximate surface area is 486 Å². The first-order valence-electron chi connectivity index (χ1n) is 34.0. The predicted molar refractivity (Wildman–Crippen MR) is 341 cm³/mol. The van der Waals surface area contributed by atoms with Crippen molar-refractivity contribution >= 4 is 13.7 Å². The Morgan fingerprint density at radius 2 is 0.744 bits per heavy atom. The highest BCUT2D eigenvalue weighted by atomic mass is 31.2. The number of allylic oxidation sites excluding steroid dienone is 7. The molecule has 0 aliphatic rings. The van der Waals surface area contributed by atoms with E-state index < -0.39 is 20.0 Å². The molecule has 460 valence electrons. The molecule has 3 N–H and O–H groups in total. The van der Waals surface area contributed by atoms with E-state index in [1.807, 2.05) is 27.2 Å². The van der Waals surface area contributed by atoms with E-state index in [0.717, 1.165) is 44.9 Å². The van der Waals surface area contributed by atoms with E-state index in [0.29, 0.717) is 17.4 Å². The van der Waals surface area contributed by atoms with Crippen LogP contribution in [0.25, 0.3) is 0 Å². The third kappa shape index (κ3) is 62.1. The molecule has 3 unspecified atom stereocenters. The van der Waals surface area contributed by atoms with Crippen molar-refractivity contribution in [2.24, 2.45) is 0 Å². The zero-order chi connectivity index (χ0) is 57.0. The number of quaternary nitrogens is 1. The summed E-state index contributed by atoms with van der Waals surface area (Å²) in [6, 6.07) is -0.864. The van der Waals surface area contributed by atoms with E-state index >= 15 is 0 Å². The van der Waals surface area contributed by atoms with E-state index in [9.17, 15) is 19.4 Å². The molecule has 1 amide bonds. The summed E-state index contributed by atoms with van der Waals surface area (Å²) in [7, 11) is 1.56. The minimum Gasteiger partial charge on any atom is -0.387 e. The molecule has 0 aromatic rings. The summed E-state index contributed by atoms with van der Waals surface area (Å²) in [6.07, 6.45) is 81.3. The summed E-state index contributed by atoms with van der Waals surface area (Å²) in [5.74, 6) is -0.183. The monoisotopic (exact) mass is 1120 g/mol. The maximum atomic E-state index is 13.0. The number of phosphoric acid groups is 1. The lowest BCUT2D eigenvalue weighted by Crippen LogP contribution is -2.45. The van der Waals surface area contributed by atoms with Gasteiger partial charge in [-0.3, -0.25) is 13.8 Å². The molecule has 0 saturated carbocycles. The fourth-order valence-electron chi connectivity index (χ4n) is 10.2. The first kappa shape index (κ1) is 76.5. The van der Waals surface area contributed by atoms with Crippen molar-refractivity contribution < 1.29 is 32.9 Å². The molecule has 3 atom stereocenters. The van der Waals surface area contributed by atoms with E-state index in [2.05, 4.69) is 55.6 Å². The van der Waals surface area contributed by atoms with Gasteiger partial charge in [0.05, 0.1) is 39.9 Å². The van der Waals surface area contributed by atoms with Gasteiger partial charge in [-0.25, -0.2) is 4.57 Å². The van der Waals surface area contributed by atoms with Gasteiger partial charge in [0.2, 0.25) is 5.91 Å². The number of rotatable bonds is 63. The second-order valence-electron chi connectivity index (χ2n) is 24.5. The minimum atomic E-state index is -4.36. The highest BCUT2D eigenvalue weighted by Gasteiger charge is 2.28. The molecule has 8 nitrogen and oxygen atoms in total. The standard InChI is InChI=1S/C69H133N2O6P/c1-6-8-10-12-14-16-18-20-22-24-25-26-27-28-29-30-31-32-33-34-35-36-37-38-39-40-41-42-43-44-45-47-49-51-53-55-57-59-61-63-69(73)70-67(66-77-78(74,75)76-65-64-71(3,4)5)68(72)62-60-58-56-54-52-50-48-46-23-21-19-17-15-13-11-9-7-2/h31-32,34-35,52,54,60,62,67-68,72H,6-30,33,36-51,53,55-59,61,63-66H2,1-5H3,(H-,70,73,74,75)/p+1/b32-31-,35-34-,54-52+,62-60+. The molecule has 0 fully saturated rings. The number of carbonyl (C=O) groups is 1. The minimum absolute atomic E-state index is 0.0566. The molecule has 0 spiro atoms. The molecule has 0 aromatic heterocycles. The Balaban J connectivity index is 3.96. The normalized spacial score (nSPS) is 14.0. The summed E-state index contributed by atoms with van der Waals surface area (Å²) in [5.41, 5.74) is 0. The van der Waals surface area contributed by atoms with Crippen LogP contribution in [0.2, 0.25) is 0 Å². The lowest BCUT2D eigenvalue weighted by atomic mass is 10.0. The third-order valence-corrected chi connectivity index (χ3v) is 16.5. The van der Waals surface area contributed by atoms with Gasteiger partial charge in [0.1, 0.15) is 13.2 Å². The lowest BCUT2D eigenvalue weighted by molar-refractivity contribution is -0.870. The second kappa shape index (κ2) is 60.1. The van der Waals surface area contributed by atoms with Gasteiger partial charge in [-0.15, -0.1) is 0 Å².